The van der Waals surface area contributed by atoms with E-state index in [9.17, 15) is 0 Å². The summed E-state index contributed by atoms with van der Waals surface area (Å²) >= 11 is 0. The number of fused-ring (bicyclic) bond motifs is 1. The molecule has 2 aromatic carbocycles. The second kappa shape index (κ2) is 5.25. The topological polar surface area (TPSA) is 72.0 Å². The minimum atomic E-state index is 0.00218. The molecular weight excluding hydrogens is 262 g/mol. The largest absolute Gasteiger partial charge is 0.439 e. The van der Waals surface area contributed by atoms with Gasteiger partial charge in [0.2, 0.25) is 5.88 Å². The molecule has 3 rings (SSSR count). The first kappa shape index (κ1) is 13.1. The van der Waals surface area contributed by atoms with E-state index in [1.807, 2.05) is 55.5 Å². The molecular formula is C17H15N3O. The highest BCUT2D eigenvalue weighted by Crippen LogP contribution is 2.25. The van der Waals surface area contributed by atoms with Crippen LogP contribution >= 0.6 is 0 Å². The maximum absolute atomic E-state index is 7.72. The lowest BCUT2D eigenvalue weighted by Crippen LogP contribution is -2.12. The summed E-state index contributed by atoms with van der Waals surface area (Å²) < 4.78 is 5.77. The van der Waals surface area contributed by atoms with Crippen molar-refractivity contribution in [2.75, 3.05) is 0 Å². The Kier molecular flexibility index (Phi) is 3.28. The van der Waals surface area contributed by atoms with Crippen LogP contribution in [-0.2, 0) is 0 Å². The number of nitrogens with one attached hydrogen (secondary N) is 1. The van der Waals surface area contributed by atoms with Gasteiger partial charge in [0.1, 0.15) is 11.6 Å². The Balaban J connectivity index is 2.06. The molecule has 4 heteroatoms. The fourth-order valence-corrected chi connectivity index (χ4v) is 2.15. The number of nitrogens with zero attached hydrogens (tertiary/aromatic N) is 1. The zero-order valence-electron chi connectivity index (χ0n) is 11.6. The van der Waals surface area contributed by atoms with Crippen molar-refractivity contribution in [2.45, 2.75) is 6.92 Å². The average molecular weight is 277 g/mol. The molecule has 0 unspecified atom stereocenters. The van der Waals surface area contributed by atoms with Crippen LogP contribution in [0.2, 0.25) is 0 Å². The number of pyridine rings is 1. The first-order valence-corrected chi connectivity index (χ1v) is 6.62. The van der Waals surface area contributed by atoms with E-state index in [1.54, 1.807) is 6.07 Å². The first-order chi connectivity index (χ1) is 10.1. The van der Waals surface area contributed by atoms with Gasteiger partial charge in [-0.1, -0.05) is 35.9 Å². The van der Waals surface area contributed by atoms with E-state index >= 15 is 0 Å². The lowest BCUT2D eigenvalue weighted by atomic mass is 10.1. The van der Waals surface area contributed by atoms with Crippen LogP contribution in [0, 0.1) is 12.3 Å². The van der Waals surface area contributed by atoms with Gasteiger partial charge < -0.3 is 10.5 Å². The van der Waals surface area contributed by atoms with E-state index in [1.165, 1.54) is 5.56 Å². The second-order valence-electron chi connectivity index (χ2n) is 4.85. The van der Waals surface area contributed by atoms with Crippen LogP contribution < -0.4 is 10.5 Å². The summed E-state index contributed by atoms with van der Waals surface area (Å²) in [5.41, 5.74) is 8.21. The van der Waals surface area contributed by atoms with E-state index < -0.39 is 0 Å². The second-order valence-corrected chi connectivity index (χ2v) is 4.85. The van der Waals surface area contributed by atoms with Gasteiger partial charge in [-0.25, -0.2) is 4.98 Å². The van der Waals surface area contributed by atoms with Crippen molar-refractivity contribution < 1.29 is 4.74 Å². The Hall–Kier alpha value is -2.88. The summed E-state index contributed by atoms with van der Waals surface area (Å²) in [6.45, 7) is 2.02. The number of aromatic nitrogens is 1. The number of nitrogens with two attached hydrogens (primary N) is 1. The molecule has 104 valence electrons. The van der Waals surface area contributed by atoms with Crippen molar-refractivity contribution in [3.63, 3.8) is 0 Å². The Labute approximate surface area is 122 Å². The van der Waals surface area contributed by atoms with E-state index in [-0.39, 0.29) is 5.84 Å². The van der Waals surface area contributed by atoms with Crippen LogP contribution in [0.4, 0.5) is 0 Å². The predicted octanol–water partition coefficient (Wildman–Crippen LogP) is 3.62. The number of para-hydroxylation sites is 1. The molecule has 1 aromatic heterocycles. The third-order valence-corrected chi connectivity index (χ3v) is 3.23. The van der Waals surface area contributed by atoms with Gasteiger partial charge in [0.25, 0.3) is 0 Å². The third-order valence-electron chi connectivity index (χ3n) is 3.23. The summed E-state index contributed by atoms with van der Waals surface area (Å²) in [5, 5.41) is 8.56. The van der Waals surface area contributed by atoms with Crippen molar-refractivity contribution in [3.8, 4) is 11.6 Å². The lowest BCUT2D eigenvalue weighted by Gasteiger charge is -2.09. The highest BCUT2D eigenvalue weighted by atomic mass is 16.5. The minimum Gasteiger partial charge on any atom is -0.439 e. The Morgan fingerprint density at radius 2 is 1.81 bits per heavy atom. The number of amidine groups is 1. The molecule has 1 heterocycles. The minimum absolute atomic E-state index is 0.00218. The lowest BCUT2D eigenvalue weighted by molar-refractivity contribution is 0.465. The smallest absolute Gasteiger partial charge is 0.220 e. The molecule has 0 aliphatic rings. The molecule has 4 nitrogen and oxygen atoms in total. The van der Waals surface area contributed by atoms with Crippen LogP contribution in [-0.4, -0.2) is 10.8 Å². The van der Waals surface area contributed by atoms with Crippen molar-refractivity contribution in [1.82, 2.24) is 4.98 Å². The first-order valence-electron chi connectivity index (χ1n) is 6.62. The van der Waals surface area contributed by atoms with Crippen molar-refractivity contribution in [1.29, 1.82) is 5.41 Å². The highest BCUT2D eigenvalue weighted by Gasteiger charge is 2.09. The number of benzene rings is 2. The quantitative estimate of drug-likeness (QED) is 0.567. The number of ether oxygens (including phenoxy) is 1. The molecule has 0 atom stereocenters. The zero-order chi connectivity index (χ0) is 14.8. The van der Waals surface area contributed by atoms with Crippen LogP contribution in [0.1, 0.15) is 11.1 Å². The Morgan fingerprint density at radius 1 is 1.10 bits per heavy atom. The summed E-state index contributed by atoms with van der Waals surface area (Å²) in [6.07, 6.45) is 0. The summed E-state index contributed by atoms with van der Waals surface area (Å²) in [4.78, 5) is 4.46. The van der Waals surface area contributed by atoms with Gasteiger partial charge in [-0.05, 0) is 25.1 Å². The Bertz CT molecular complexity index is 810. The van der Waals surface area contributed by atoms with Crippen molar-refractivity contribution in [3.05, 3.63) is 65.7 Å². The third kappa shape index (κ3) is 2.69. The van der Waals surface area contributed by atoms with E-state index in [0.717, 1.165) is 10.9 Å². The monoisotopic (exact) mass is 277 g/mol. The Morgan fingerprint density at radius 3 is 2.52 bits per heavy atom. The number of rotatable bonds is 3. The maximum Gasteiger partial charge on any atom is 0.220 e. The van der Waals surface area contributed by atoms with E-state index in [4.69, 9.17) is 15.9 Å². The van der Waals surface area contributed by atoms with Crippen LogP contribution in [0.15, 0.2) is 54.6 Å². The van der Waals surface area contributed by atoms with E-state index in [0.29, 0.717) is 17.2 Å². The van der Waals surface area contributed by atoms with Gasteiger partial charge in [0, 0.05) is 17.0 Å². The van der Waals surface area contributed by atoms with Crippen LogP contribution in [0.25, 0.3) is 10.9 Å². The number of hydrogen-bond acceptors (Lipinski definition) is 3. The van der Waals surface area contributed by atoms with Gasteiger partial charge in [-0.15, -0.1) is 0 Å². The zero-order valence-corrected chi connectivity index (χ0v) is 11.6. The molecule has 0 saturated carbocycles. The molecule has 0 aliphatic heterocycles. The molecule has 3 aromatic rings. The molecule has 0 aliphatic carbocycles. The molecule has 0 bridgehead atoms. The van der Waals surface area contributed by atoms with Gasteiger partial charge in [-0.2, -0.15) is 0 Å². The molecule has 0 spiro atoms. The van der Waals surface area contributed by atoms with Crippen molar-refractivity contribution >= 4 is 16.7 Å². The normalized spacial score (nSPS) is 10.5. The SMILES string of the molecule is Cc1ccc(Oc2cc(C(=N)N)c3ccccc3n2)cc1. The van der Waals surface area contributed by atoms with Crippen LogP contribution in [0.3, 0.4) is 0 Å². The highest BCUT2D eigenvalue weighted by molar-refractivity contribution is 6.06. The summed E-state index contributed by atoms with van der Waals surface area (Å²) in [6, 6.07) is 17.0. The fraction of sp³-hybridized carbons (Fsp3) is 0.0588. The van der Waals surface area contributed by atoms with E-state index in [2.05, 4.69) is 4.98 Å². The van der Waals surface area contributed by atoms with Gasteiger partial charge in [0.05, 0.1) is 5.52 Å². The number of aryl methyl sites for hydroxylation is 1. The molecule has 0 amide bonds. The molecule has 0 radical (unpaired) electrons. The molecule has 3 N–H and O–H groups in total. The van der Waals surface area contributed by atoms with Gasteiger partial charge >= 0.3 is 0 Å². The number of nitrogen functional groups attached to an aromatic ring is 1. The predicted molar refractivity (Wildman–Crippen MR) is 84.0 cm³/mol. The molecule has 0 fully saturated rings. The average Bonchev–Trinajstić information content (AvgIpc) is 2.48. The molecule has 0 saturated heterocycles. The summed E-state index contributed by atoms with van der Waals surface area (Å²) in [7, 11) is 0. The standard InChI is InChI=1S/C17H15N3O/c1-11-6-8-12(9-7-11)21-16-10-14(17(18)19)13-4-2-3-5-15(13)20-16/h2-10H,1H3,(H3,18,19). The van der Waals surface area contributed by atoms with Crippen LogP contribution in [0.5, 0.6) is 11.6 Å². The van der Waals surface area contributed by atoms with Crippen molar-refractivity contribution in [2.24, 2.45) is 5.73 Å². The number of hydrogen-bond donors (Lipinski definition) is 2. The van der Waals surface area contributed by atoms with Gasteiger partial charge in [-0.3, -0.25) is 5.41 Å². The van der Waals surface area contributed by atoms with Gasteiger partial charge in [0.15, 0.2) is 0 Å². The molecule has 21 heavy (non-hydrogen) atoms. The fourth-order valence-electron chi connectivity index (χ4n) is 2.15. The maximum atomic E-state index is 7.72. The summed E-state index contributed by atoms with van der Waals surface area (Å²) in [5.74, 6) is 1.14.